The normalized spacial score (nSPS) is 24.7. The molecule has 1 aromatic rings. The van der Waals surface area contributed by atoms with Crippen LogP contribution >= 0.6 is 11.3 Å². The molecule has 1 aliphatic rings. The first-order chi connectivity index (χ1) is 7.16. The highest BCUT2D eigenvalue weighted by atomic mass is 32.1. The molecule has 0 aromatic carbocycles. The van der Waals surface area contributed by atoms with Gasteiger partial charge in [0.25, 0.3) is 5.91 Å². The highest BCUT2D eigenvalue weighted by molar-refractivity contribution is 7.07. The van der Waals surface area contributed by atoms with E-state index in [1.807, 2.05) is 0 Å². The van der Waals surface area contributed by atoms with Crippen molar-refractivity contribution >= 4 is 17.2 Å². The highest BCUT2D eigenvalue weighted by Gasteiger charge is 2.29. The van der Waals surface area contributed by atoms with E-state index in [1.54, 1.807) is 22.8 Å². The number of nitrogens with zero attached hydrogens (tertiary/aromatic N) is 2. The van der Waals surface area contributed by atoms with Crippen LogP contribution in [0.1, 0.15) is 23.3 Å². The Morgan fingerprint density at radius 3 is 3.00 bits per heavy atom. The van der Waals surface area contributed by atoms with E-state index >= 15 is 0 Å². The van der Waals surface area contributed by atoms with Gasteiger partial charge in [-0.1, -0.05) is 0 Å². The Balaban J connectivity index is 1.86. The number of hydrogen-bond donors (Lipinski definition) is 1. The SMILES string of the molecule is CN(CC1CC(O)C1)C(=O)c1cscn1. The summed E-state index contributed by atoms with van der Waals surface area (Å²) in [5.74, 6) is 0.422. The van der Waals surface area contributed by atoms with Gasteiger partial charge in [0.05, 0.1) is 11.6 Å². The van der Waals surface area contributed by atoms with Crippen molar-refractivity contribution in [3.8, 4) is 0 Å². The molecule has 2 rings (SSSR count). The van der Waals surface area contributed by atoms with Crippen molar-refractivity contribution in [2.75, 3.05) is 13.6 Å². The van der Waals surface area contributed by atoms with Crippen LogP contribution in [0, 0.1) is 5.92 Å². The molecule has 1 aliphatic carbocycles. The van der Waals surface area contributed by atoms with Crippen LogP contribution in [0.15, 0.2) is 10.9 Å². The number of thiazole rings is 1. The Bertz CT molecular complexity index is 333. The molecule has 5 heteroatoms. The van der Waals surface area contributed by atoms with E-state index in [-0.39, 0.29) is 12.0 Å². The first kappa shape index (κ1) is 10.6. The second kappa shape index (κ2) is 4.28. The van der Waals surface area contributed by atoms with E-state index in [0.717, 1.165) is 12.8 Å². The highest BCUT2D eigenvalue weighted by Crippen LogP contribution is 2.27. The first-order valence-corrected chi connectivity index (χ1v) is 5.93. The molecule has 1 fully saturated rings. The van der Waals surface area contributed by atoms with Crippen LogP contribution in [-0.4, -0.2) is 40.6 Å². The van der Waals surface area contributed by atoms with Crippen LogP contribution in [0.3, 0.4) is 0 Å². The lowest BCUT2D eigenvalue weighted by molar-refractivity contribution is 0.0264. The smallest absolute Gasteiger partial charge is 0.273 e. The summed E-state index contributed by atoms with van der Waals surface area (Å²) in [5, 5.41) is 10.9. The van der Waals surface area contributed by atoms with Gasteiger partial charge in [-0.05, 0) is 18.8 Å². The summed E-state index contributed by atoms with van der Waals surface area (Å²) in [7, 11) is 1.78. The van der Waals surface area contributed by atoms with Crippen LogP contribution in [0.2, 0.25) is 0 Å². The van der Waals surface area contributed by atoms with Gasteiger partial charge in [0, 0.05) is 19.0 Å². The van der Waals surface area contributed by atoms with E-state index < -0.39 is 0 Å². The van der Waals surface area contributed by atoms with Gasteiger partial charge in [0.1, 0.15) is 5.69 Å². The predicted molar refractivity (Wildman–Crippen MR) is 57.8 cm³/mol. The standard InChI is InChI=1S/C10H14N2O2S/c1-12(4-7-2-8(13)3-7)10(14)9-5-15-6-11-9/h5-8,13H,2-4H2,1H3. The fourth-order valence-corrected chi connectivity index (χ4v) is 2.36. The second-order valence-electron chi connectivity index (χ2n) is 4.05. The number of rotatable bonds is 3. The molecule has 0 radical (unpaired) electrons. The third-order valence-corrected chi connectivity index (χ3v) is 3.33. The van der Waals surface area contributed by atoms with Crippen LogP contribution in [-0.2, 0) is 0 Å². The molecule has 1 aromatic heterocycles. The average Bonchev–Trinajstić information content (AvgIpc) is 2.66. The number of carbonyl (C=O) groups excluding carboxylic acids is 1. The molecule has 0 atom stereocenters. The third kappa shape index (κ3) is 2.35. The monoisotopic (exact) mass is 226 g/mol. The van der Waals surface area contributed by atoms with Crippen molar-refractivity contribution in [2.24, 2.45) is 5.92 Å². The lowest BCUT2D eigenvalue weighted by atomic mass is 9.82. The largest absolute Gasteiger partial charge is 0.393 e. The maximum atomic E-state index is 11.8. The summed E-state index contributed by atoms with van der Waals surface area (Å²) in [6.45, 7) is 0.716. The molecule has 0 unspecified atom stereocenters. The number of aliphatic hydroxyl groups excluding tert-OH is 1. The fourth-order valence-electron chi connectivity index (χ4n) is 1.83. The Kier molecular flexibility index (Phi) is 3.02. The summed E-state index contributed by atoms with van der Waals surface area (Å²) in [4.78, 5) is 17.4. The second-order valence-corrected chi connectivity index (χ2v) is 4.77. The molecule has 0 saturated heterocycles. The van der Waals surface area contributed by atoms with Gasteiger partial charge in [-0.3, -0.25) is 4.79 Å². The van der Waals surface area contributed by atoms with Crippen molar-refractivity contribution < 1.29 is 9.90 Å². The molecule has 1 heterocycles. The minimum atomic E-state index is -0.155. The van der Waals surface area contributed by atoms with Crippen molar-refractivity contribution in [2.45, 2.75) is 18.9 Å². The van der Waals surface area contributed by atoms with E-state index in [0.29, 0.717) is 18.2 Å². The Morgan fingerprint density at radius 1 is 1.73 bits per heavy atom. The van der Waals surface area contributed by atoms with Crippen LogP contribution < -0.4 is 0 Å². The van der Waals surface area contributed by atoms with Crippen molar-refractivity contribution in [1.29, 1.82) is 0 Å². The van der Waals surface area contributed by atoms with E-state index in [2.05, 4.69) is 4.98 Å². The number of aliphatic hydroxyl groups is 1. The number of hydrogen-bond acceptors (Lipinski definition) is 4. The van der Waals surface area contributed by atoms with Gasteiger partial charge in [-0.25, -0.2) is 4.98 Å². The fraction of sp³-hybridized carbons (Fsp3) is 0.600. The van der Waals surface area contributed by atoms with Crippen LogP contribution in [0.25, 0.3) is 0 Å². The zero-order chi connectivity index (χ0) is 10.8. The topological polar surface area (TPSA) is 53.4 Å². The van der Waals surface area contributed by atoms with Gasteiger partial charge in [0.2, 0.25) is 0 Å². The Morgan fingerprint density at radius 2 is 2.47 bits per heavy atom. The Labute approximate surface area is 92.6 Å². The molecule has 4 nitrogen and oxygen atoms in total. The van der Waals surface area contributed by atoms with Crippen molar-refractivity contribution in [1.82, 2.24) is 9.88 Å². The lowest BCUT2D eigenvalue weighted by Gasteiger charge is -2.34. The molecule has 1 amide bonds. The van der Waals surface area contributed by atoms with Gasteiger partial charge < -0.3 is 10.0 Å². The number of carbonyl (C=O) groups is 1. The Hall–Kier alpha value is -0.940. The minimum absolute atomic E-state index is 0.0300. The average molecular weight is 226 g/mol. The zero-order valence-electron chi connectivity index (χ0n) is 8.59. The van der Waals surface area contributed by atoms with Gasteiger partial charge >= 0.3 is 0 Å². The van der Waals surface area contributed by atoms with Crippen molar-refractivity contribution in [3.05, 3.63) is 16.6 Å². The minimum Gasteiger partial charge on any atom is -0.393 e. The van der Waals surface area contributed by atoms with Gasteiger partial charge in [0.15, 0.2) is 0 Å². The maximum Gasteiger partial charge on any atom is 0.273 e. The third-order valence-electron chi connectivity index (χ3n) is 2.74. The predicted octanol–water partition coefficient (Wildman–Crippen LogP) is 0.986. The summed E-state index contributed by atoms with van der Waals surface area (Å²) in [6, 6.07) is 0. The van der Waals surface area contributed by atoms with E-state index in [1.165, 1.54) is 11.3 Å². The molecule has 0 spiro atoms. The molecule has 15 heavy (non-hydrogen) atoms. The van der Waals surface area contributed by atoms with Crippen molar-refractivity contribution in [3.63, 3.8) is 0 Å². The van der Waals surface area contributed by atoms with E-state index in [4.69, 9.17) is 5.11 Å². The van der Waals surface area contributed by atoms with Gasteiger partial charge in [-0.2, -0.15) is 0 Å². The molecular weight excluding hydrogens is 212 g/mol. The van der Waals surface area contributed by atoms with E-state index in [9.17, 15) is 4.79 Å². The zero-order valence-corrected chi connectivity index (χ0v) is 9.41. The van der Waals surface area contributed by atoms with Crippen LogP contribution in [0.5, 0.6) is 0 Å². The molecule has 1 saturated carbocycles. The molecule has 0 bridgehead atoms. The molecule has 0 aliphatic heterocycles. The first-order valence-electron chi connectivity index (χ1n) is 4.98. The quantitative estimate of drug-likeness (QED) is 0.836. The van der Waals surface area contributed by atoms with Crippen LogP contribution in [0.4, 0.5) is 0 Å². The molecule has 1 N–H and O–H groups in total. The summed E-state index contributed by atoms with van der Waals surface area (Å²) >= 11 is 1.43. The molecule has 82 valence electrons. The molecular formula is C10H14N2O2S. The summed E-state index contributed by atoms with van der Waals surface area (Å²) < 4.78 is 0. The summed E-state index contributed by atoms with van der Waals surface area (Å²) in [6.07, 6.45) is 1.47. The summed E-state index contributed by atoms with van der Waals surface area (Å²) in [5.41, 5.74) is 2.18. The lowest BCUT2D eigenvalue weighted by Crippen LogP contribution is -2.39. The number of aromatic nitrogens is 1. The number of amides is 1. The van der Waals surface area contributed by atoms with Gasteiger partial charge in [-0.15, -0.1) is 11.3 Å². The maximum absolute atomic E-state index is 11.8.